The average molecular weight is 261 g/mol. The quantitative estimate of drug-likeness (QED) is 0.546. The fraction of sp³-hybridized carbons (Fsp3) is 0. The van der Waals surface area contributed by atoms with Crippen LogP contribution in [0.25, 0.3) is 11.1 Å². The first-order valence-corrected chi connectivity index (χ1v) is 6.42. The molecule has 0 bridgehead atoms. The van der Waals surface area contributed by atoms with Crippen LogP contribution in [0, 0.1) is 0 Å². The molecule has 0 aliphatic carbocycles. The van der Waals surface area contributed by atoms with Crippen molar-refractivity contribution in [1.82, 2.24) is 4.98 Å². The molecule has 1 nitrogen and oxygen atoms in total. The molecule has 0 unspecified atom stereocenters. The third-order valence-corrected chi connectivity index (χ3v) is 2.45. The summed E-state index contributed by atoms with van der Waals surface area (Å²) in [5.74, 6) is 0. The number of nitrogens with zero attached hydrogens (tertiary/aromatic N) is 1. The Labute approximate surface area is 121 Å². The van der Waals surface area contributed by atoms with Crippen molar-refractivity contribution in [2.24, 2.45) is 0 Å². The third-order valence-electron chi connectivity index (χ3n) is 2.45. The molecule has 0 atom stereocenters. The average Bonchev–Trinajstić information content (AvgIpc) is 2.60. The van der Waals surface area contributed by atoms with Crippen LogP contribution in [-0.2, 0) is 0 Å². The Balaban J connectivity index is 0.000000211. The first kappa shape index (κ1) is 15.4. The maximum absolute atomic E-state index is 3.78. The van der Waals surface area contributed by atoms with Crippen LogP contribution >= 0.6 is 0 Å². The van der Waals surface area contributed by atoms with Crippen LogP contribution in [0.15, 0.2) is 104 Å². The second-order valence-electron chi connectivity index (χ2n) is 3.76. The van der Waals surface area contributed by atoms with Crippen molar-refractivity contribution < 1.29 is 0 Å². The summed E-state index contributed by atoms with van der Waals surface area (Å²) in [6.45, 7) is 6.00. The number of hydrogen-bond acceptors (Lipinski definition) is 1. The third kappa shape index (κ3) is 5.78. The van der Waals surface area contributed by atoms with E-state index >= 15 is 0 Å². The fourth-order valence-electron chi connectivity index (χ4n) is 1.57. The maximum atomic E-state index is 3.78. The van der Waals surface area contributed by atoms with E-state index in [1.165, 1.54) is 11.1 Å². The minimum Gasteiger partial charge on any atom is -0.265 e. The van der Waals surface area contributed by atoms with Crippen LogP contribution in [0.1, 0.15) is 0 Å². The molecular weight excluding hydrogens is 242 g/mol. The van der Waals surface area contributed by atoms with Crippen LogP contribution in [-0.4, -0.2) is 4.98 Å². The van der Waals surface area contributed by atoms with Crippen molar-refractivity contribution in [3.63, 3.8) is 0 Å². The van der Waals surface area contributed by atoms with Crippen LogP contribution in [0.2, 0.25) is 0 Å². The van der Waals surface area contributed by atoms with Crippen molar-refractivity contribution in [1.29, 1.82) is 0 Å². The molecule has 3 aromatic rings. The second kappa shape index (κ2) is 10.3. The standard InChI is InChI=1S/C12H10.C5H5N.C2H4/c1-3-7-11(8-4-1)12-9-5-2-6-10-12;1-2-4-6-5-3-1;1-2/h1-10H;1-5H;1-2H2. The number of pyridine rings is 1. The molecule has 0 N–H and O–H groups in total. The van der Waals surface area contributed by atoms with Gasteiger partial charge in [0.05, 0.1) is 0 Å². The summed E-state index contributed by atoms with van der Waals surface area (Å²) < 4.78 is 0. The lowest BCUT2D eigenvalue weighted by molar-refractivity contribution is 1.33. The molecule has 100 valence electrons. The molecule has 1 aromatic heterocycles. The Morgan fingerprint density at radius 2 is 0.850 bits per heavy atom. The molecule has 0 saturated heterocycles. The van der Waals surface area contributed by atoms with Gasteiger partial charge < -0.3 is 0 Å². The predicted octanol–water partition coefficient (Wildman–Crippen LogP) is 5.24. The minimum absolute atomic E-state index is 1.28. The summed E-state index contributed by atoms with van der Waals surface area (Å²) in [6, 6.07) is 26.5. The van der Waals surface area contributed by atoms with Gasteiger partial charge in [0.1, 0.15) is 0 Å². The molecule has 20 heavy (non-hydrogen) atoms. The Morgan fingerprint density at radius 1 is 0.500 bits per heavy atom. The lowest BCUT2D eigenvalue weighted by atomic mass is 10.1. The van der Waals surface area contributed by atoms with Gasteiger partial charge >= 0.3 is 0 Å². The lowest BCUT2D eigenvalue weighted by Crippen LogP contribution is -1.73. The van der Waals surface area contributed by atoms with Crippen LogP contribution in [0.3, 0.4) is 0 Å². The van der Waals surface area contributed by atoms with Crippen LogP contribution < -0.4 is 0 Å². The SMILES string of the molecule is C=C.c1ccc(-c2ccccc2)cc1.c1ccncc1. The molecule has 0 aliphatic heterocycles. The molecule has 2 aromatic carbocycles. The monoisotopic (exact) mass is 261 g/mol. The highest BCUT2D eigenvalue weighted by Gasteiger charge is 1.91. The van der Waals surface area contributed by atoms with Crippen molar-refractivity contribution in [3.05, 3.63) is 104 Å². The minimum atomic E-state index is 1.28. The largest absolute Gasteiger partial charge is 0.265 e. The molecule has 0 spiro atoms. The van der Waals surface area contributed by atoms with E-state index in [0.29, 0.717) is 0 Å². The van der Waals surface area contributed by atoms with E-state index in [0.717, 1.165) is 0 Å². The summed E-state index contributed by atoms with van der Waals surface area (Å²) in [5.41, 5.74) is 2.55. The van der Waals surface area contributed by atoms with E-state index < -0.39 is 0 Å². The molecule has 0 radical (unpaired) electrons. The van der Waals surface area contributed by atoms with E-state index in [2.05, 4.69) is 66.7 Å². The molecular formula is C19H19N. The molecule has 0 fully saturated rings. The molecule has 1 heteroatoms. The topological polar surface area (TPSA) is 12.9 Å². The highest BCUT2D eigenvalue weighted by Crippen LogP contribution is 2.17. The molecule has 0 amide bonds. The Morgan fingerprint density at radius 3 is 1.10 bits per heavy atom. The van der Waals surface area contributed by atoms with Crippen molar-refractivity contribution in [3.8, 4) is 11.1 Å². The summed E-state index contributed by atoms with van der Waals surface area (Å²) in [6.07, 6.45) is 3.50. The van der Waals surface area contributed by atoms with E-state index in [1.54, 1.807) is 12.4 Å². The molecule has 3 rings (SSSR count). The summed E-state index contributed by atoms with van der Waals surface area (Å²) in [4.78, 5) is 3.78. The van der Waals surface area contributed by atoms with Gasteiger partial charge in [0, 0.05) is 12.4 Å². The number of benzene rings is 2. The van der Waals surface area contributed by atoms with Crippen molar-refractivity contribution in [2.75, 3.05) is 0 Å². The highest BCUT2D eigenvalue weighted by molar-refractivity contribution is 5.62. The molecule has 0 aliphatic rings. The molecule has 1 heterocycles. The van der Waals surface area contributed by atoms with Gasteiger partial charge in [-0.15, -0.1) is 13.2 Å². The van der Waals surface area contributed by atoms with Gasteiger partial charge in [0.25, 0.3) is 0 Å². The van der Waals surface area contributed by atoms with Gasteiger partial charge in [0.15, 0.2) is 0 Å². The zero-order valence-electron chi connectivity index (χ0n) is 11.5. The van der Waals surface area contributed by atoms with Gasteiger partial charge in [-0.1, -0.05) is 66.7 Å². The summed E-state index contributed by atoms with van der Waals surface area (Å²) >= 11 is 0. The van der Waals surface area contributed by atoms with Gasteiger partial charge in [-0.05, 0) is 23.3 Å². The zero-order chi connectivity index (χ0) is 14.5. The maximum Gasteiger partial charge on any atom is 0.0267 e. The Bertz CT molecular complexity index is 483. The Hall–Kier alpha value is -2.67. The second-order valence-corrected chi connectivity index (χ2v) is 3.76. The van der Waals surface area contributed by atoms with Crippen LogP contribution in [0.4, 0.5) is 0 Å². The van der Waals surface area contributed by atoms with E-state index in [9.17, 15) is 0 Å². The summed E-state index contributed by atoms with van der Waals surface area (Å²) in [5, 5.41) is 0. The fourth-order valence-corrected chi connectivity index (χ4v) is 1.57. The van der Waals surface area contributed by atoms with Gasteiger partial charge in [-0.2, -0.15) is 0 Å². The van der Waals surface area contributed by atoms with E-state index in [4.69, 9.17) is 0 Å². The van der Waals surface area contributed by atoms with Crippen molar-refractivity contribution in [2.45, 2.75) is 0 Å². The Kier molecular flexibility index (Phi) is 7.90. The lowest BCUT2D eigenvalue weighted by Gasteiger charge is -1.98. The van der Waals surface area contributed by atoms with Gasteiger partial charge in [-0.25, -0.2) is 0 Å². The van der Waals surface area contributed by atoms with E-state index in [1.807, 2.05) is 30.3 Å². The highest BCUT2D eigenvalue weighted by atomic mass is 14.6. The number of aromatic nitrogens is 1. The normalized spacial score (nSPS) is 8.40. The number of rotatable bonds is 1. The summed E-state index contributed by atoms with van der Waals surface area (Å²) in [7, 11) is 0. The van der Waals surface area contributed by atoms with Crippen LogP contribution in [0.5, 0.6) is 0 Å². The van der Waals surface area contributed by atoms with Gasteiger partial charge in [-0.3, -0.25) is 4.98 Å². The number of hydrogen-bond donors (Lipinski definition) is 0. The first-order valence-electron chi connectivity index (χ1n) is 6.42. The molecule has 0 saturated carbocycles. The zero-order valence-corrected chi connectivity index (χ0v) is 11.5. The van der Waals surface area contributed by atoms with Crippen molar-refractivity contribution >= 4 is 0 Å². The predicted molar refractivity (Wildman–Crippen MR) is 87.4 cm³/mol. The van der Waals surface area contributed by atoms with E-state index in [-0.39, 0.29) is 0 Å². The first-order chi connectivity index (χ1) is 9.97. The smallest absolute Gasteiger partial charge is 0.0267 e. The van der Waals surface area contributed by atoms with Gasteiger partial charge in [0.2, 0.25) is 0 Å².